The highest BCUT2D eigenvalue weighted by atomic mass is 16.2. The van der Waals surface area contributed by atoms with E-state index in [1.807, 2.05) is 42.2 Å². The molecule has 2 amide bonds. The lowest BCUT2D eigenvalue weighted by atomic mass is 9.95. The number of nitrogens with one attached hydrogen (secondary N) is 1. The molecule has 2 aliphatic rings. The molecule has 23 heavy (non-hydrogen) atoms. The molecule has 1 heterocycles. The zero-order valence-electron chi connectivity index (χ0n) is 13.8. The first-order chi connectivity index (χ1) is 11.1. The Kier molecular flexibility index (Phi) is 4.99. The van der Waals surface area contributed by atoms with Crippen molar-refractivity contribution in [2.24, 2.45) is 5.92 Å². The van der Waals surface area contributed by atoms with E-state index in [1.165, 1.54) is 19.3 Å². The Morgan fingerprint density at radius 2 is 1.87 bits per heavy atom. The van der Waals surface area contributed by atoms with E-state index in [9.17, 15) is 9.59 Å². The Morgan fingerprint density at radius 3 is 2.57 bits per heavy atom. The van der Waals surface area contributed by atoms with Gasteiger partial charge in [0.05, 0.1) is 12.0 Å². The van der Waals surface area contributed by atoms with Crippen LogP contribution in [0, 0.1) is 5.92 Å². The molecule has 124 valence electrons. The van der Waals surface area contributed by atoms with Gasteiger partial charge < -0.3 is 10.2 Å². The minimum atomic E-state index is -0.199. The van der Waals surface area contributed by atoms with Gasteiger partial charge in [0, 0.05) is 19.0 Å². The second kappa shape index (κ2) is 7.16. The number of carbonyl (C=O) groups is 2. The summed E-state index contributed by atoms with van der Waals surface area (Å²) in [6.45, 7) is 2.57. The number of hydrogen-bond acceptors (Lipinski definition) is 2. The molecule has 1 aromatic rings. The molecule has 1 aromatic carbocycles. The maximum absolute atomic E-state index is 12.5. The number of carbonyl (C=O) groups excluding carboxylic acids is 2. The molecular formula is C19H26N2O2. The average molecular weight is 314 g/mol. The van der Waals surface area contributed by atoms with Gasteiger partial charge in [-0.3, -0.25) is 9.59 Å². The number of nitrogens with zero attached hydrogens (tertiary/aromatic N) is 1. The minimum Gasteiger partial charge on any atom is -0.353 e. The van der Waals surface area contributed by atoms with E-state index in [-0.39, 0.29) is 23.8 Å². The maximum Gasteiger partial charge on any atom is 0.225 e. The van der Waals surface area contributed by atoms with Crippen LogP contribution in [-0.4, -0.2) is 29.3 Å². The van der Waals surface area contributed by atoms with Crippen molar-refractivity contribution >= 4 is 11.8 Å². The van der Waals surface area contributed by atoms with Crippen molar-refractivity contribution in [1.29, 1.82) is 0 Å². The van der Waals surface area contributed by atoms with Crippen LogP contribution in [0.2, 0.25) is 0 Å². The fourth-order valence-electron chi connectivity index (χ4n) is 3.76. The topological polar surface area (TPSA) is 49.4 Å². The Hall–Kier alpha value is -1.84. The molecule has 1 saturated heterocycles. The summed E-state index contributed by atoms with van der Waals surface area (Å²) in [6, 6.07) is 10.4. The summed E-state index contributed by atoms with van der Waals surface area (Å²) in [7, 11) is 0. The van der Waals surface area contributed by atoms with E-state index < -0.39 is 0 Å². The molecular weight excluding hydrogens is 288 g/mol. The third kappa shape index (κ3) is 3.74. The van der Waals surface area contributed by atoms with E-state index in [4.69, 9.17) is 0 Å². The summed E-state index contributed by atoms with van der Waals surface area (Å²) < 4.78 is 0. The Labute approximate surface area is 138 Å². The van der Waals surface area contributed by atoms with Crippen molar-refractivity contribution in [2.75, 3.05) is 6.54 Å². The largest absolute Gasteiger partial charge is 0.353 e. The molecule has 1 aliphatic heterocycles. The lowest BCUT2D eigenvalue weighted by molar-refractivity contribution is -0.130. The zero-order valence-corrected chi connectivity index (χ0v) is 13.8. The maximum atomic E-state index is 12.5. The lowest BCUT2D eigenvalue weighted by Gasteiger charge is -2.26. The van der Waals surface area contributed by atoms with Gasteiger partial charge in [-0.25, -0.2) is 0 Å². The standard InChI is InChI=1S/C19H26N2O2/c1-14(15-8-4-2-5-9-15)21-13-16(12-18(21)22)19(23)20-17-10-6-3-7-11-17/h2,4-5,8-9,14,16-17H,3,6-7,10-13H2,1H3,(H,20,23)/t14-,16-/m1/s1. The van der Waals surface area contributed by atoms with Crippen LogP contribution in [0.5, 0.6) is 0 Å². The smallest absolute Gasteiger partial charge is 0.225 e. The second-order valence-electron chi connectivity index (χ2n) is 6.88. The molecule has 0 spiro atoms. The molecule has 1 N–H and O–H groups in total. The predicted molar refractivity (Wildman–Crippen MR) is 89.7 cm³/mol. The number of likely N-dealkylation sites (tertiary alicyclic amines) is 1. The molecule has 4 nitrogen and oxygen atoms in total. The molecule has 1 aliphatic carbocycles. The summed E-state index contributed by atoms with van der Waals surface area (Å²) in [5, 5.41) is 3.16. The predicted octanol–water partition coefficient (Wildman–Crippen LogP) is 3.05. The van der Waals surface area contributed by atoms with E-state index in [1.54, 1.807) is 0 Å². The summed E-state index contributed by atoms with van der Waals surface area (Å²) in [4.78, 5) is 26.7. The molecule has 3 rings (SSSR count). The van der Waals surface area contributed by atoms with Crippen molar-refractivity contribution in [2.45, 2.75) is 57.5 Å². The summed E-state index contributed by atoms with van der Waals surface area (Å²) in [5.41, 5.74) is 1.12. The molecule has 2 fully saturated rings. The molecule has 0 bridgehead atoms. The van der Waals surface area contributed by atoms with Gasteiger partial charge >= 0.3 is 0 Å². The summed E-state index contributed by atoms with van der Waals surface area (Å²) in [6.07, 6.45) is 6.18. The third-order valence-electron chi connectivity index (χ3n) is 5.23. The first-order valence-electron chi connectivity index (χ1n) is 8.80. The quantitative estimate of drug-likeness (QED) is 0.928. The Balaban J connectivity index is 1.59. The highest BCUT2D eigenvalue weighted by molar-refractivity contribution is 5.89. The molecule has 0 unspecified atom stereocenters. The van der Waals surface area contributed by atoms with Crippen LogP contribution in [-0.2, 0) is 9.59 Å². The van der Waals surface area contributed by atoms with Crippen molar-refractivity contribution in [3.05, 3.63) is 35.9 Å². The number of amides is 2. The Bertz CT molecular complexity index is 552. The van der Waals surface area contributed by atoms with Crippen molar-refractivity contribution < 1.29 is 9.59 Å². The van der Waals surface area contributed by atoms with Gasteiger partial charge in [0.15, 0.2) is 0 Å². The van der Waals surface area contributed by atoms with Crippen LogP contribution in [0.15, 0.2) is 30.3 Å². The first kappa shape index (κ1) is 16.0. The van der Waals surface area contributed by atoms with Gasteiger partial charge in [0.1, 0.15) is 0 Å². The number of hydrogen-bond donors (Lipinski definition) is 1. The fourth-order valence-corrected chi connectivity index (χ4v) is 3.76. The highest BCUT2D eigenvalue weighted by Crippen LogP contribution is 2.29. The molecule has 2 atom stereocenters. The zero-order chi connectivity index (χ0) is 16.2. The molecule has 4 heteroatoms. The van der Waals surface area contributed by atoms with Crippen molar-refractivity contribution in [1.82, 2.24) is 10.2 Å². The fraction of sp³-hybridized carbons (Fsp3) is 0.579. The summed E-state index contributed by atoms with van der Waals surface area (Å²) in [5.74, 6) is -0.0475. The normalized spacial score (nSPS) is 23.8. The second-order valence-corrected chi connectivity index (χ2v) is 6.88. The van der Waals surface area contributed by atoms with E-state index in [2.05, 4.69) is 5.32 Å². The first-order valence-corrected chi connectivity index (χ1v) is 8.80. The van der Waals surface area contributed by atoms with Gasteiger partial charge in [-0.15, -0.1) is 0 Å². The van der Waals surface area contributed by atoms with E-state index in [0.717, 1.165) is 18.4 Å². The van der Waals surface area contributed by atoms with Crippen LogP contribution in [0.25, 0.3) is 0 Å². The van der Waals surface area contributed by atoms with Gasteiger partial charge in [-0.1, -0.05) is 49.6 Å². The van der Waals surface area contributed by atoms with Crippen LogP contribution < -0.4 is 5.32 Å². The minimum absolute atomic E-state index is 0.0242. The highest BCUT2D eigenvalue weighted by Gasteiger charge is 2.37. The van der Waals surface area contributed by atoms with Gasteiger partial charge in [-0.2, -0.15) is 0 Å². The summed E-state index contributed by atoms with van der Waals surface area (Å²) >= 11 is 0. The average Bonchev–Trinajstić information content (AvgIpc) is 2.98. The van der Waals surface area contributed by atoms with Crippen LogP contribution >= 0.6 is 0 Å². The number of benzene rings is 1. The molecule has 0 radical (unpaired) electrons. The van der Waals surface area contributed by atoms with Crippen LogP contribution in [0.4, 0.5) is 0 Å². The van der Waals surface area contributed by atoms with Gasteiger partial charge in [0.25, 0.3) is 0 Å². The van der Waals surface area contributed by atoms with Gasteiger partial charge in [-0.05, 0) is 25.3 Å². The monoisotopic (exact) mass is 314 g/mol. The molecule has 1 saturated carbocycles. The van der Waals surface area contributed by atoms with E-state index in [0.29, 0.717) is 19.0 Å². The van der Waals surface area contributed by atoms with Crippen molar-refractivity contribution in [3.63, 3.8) is 0 Å². The van der Waals surface area contributed by atoms with E-state index >= 15 is 0 Å². The third-order valence-corrected chi connectivity index (χ3v) is 5.23. The van der Waals surface area contributed by atoms with Crippen molar-refractivity contribution in [3.8, 4) is 0 Å². The molecule has 0 aromatic heterocycles. The number of rotatable bonds is 4. The lowest BCUT2D eigenvalue weighted by Crippen LogP contribution is -2.40. The van der Waals surface area contributed by atoms with Crippen LogP contribution in [0.3, 0.4) is 0 Å². The van der Waals surface area contributed by atoms with Crippen LogP contribution in [0.1, 0.15) is 57.1 Å². The SMILES string of the molecule is C[C@H](c1ccccc1)N1C[C@H](C(=O)NC2CCCCC2)CC1=O. The Morgan fingerprint density at radius 1 is 1.17 bits per heavy atom. The van der Waals surface area contributed by atoms with Gasteiger partial charge in [0.2, 0.25) is 11.8 Å².